The van der Waals surface area contributed by atoms with Crippen LogP contribution in [-0.2, 0) is 0 Å². The summed E-state index contributed by atoms with van der Waals surface area (Å²) in [6.07, 6.45) is 0.593. The van der Waals surface area contributed by atoms with Crippen molar-refractivity contribution in [3.63, 3.8) is 0 Å². The fraction of sp³-hybridized carbons (Fsp3) is 0.0625. The van der Waals surface area contributed by atoms with E-state index < -0.39 is 17.5 Å². The minimum atomic E-state index is -3.62. The highest BCUT2D eigenvalue weighted by Gasteiger charge is 2.37. The molecule has 5 heteroatoms. The summed E-state index contributed by atoms with van der Waals surface area (Å²) in [5.41, 5.74) is 0.375. The first-order chi connectivity index (χ1) is 9.90. The lowest BCUT2D eigenvalue weighted by atomic mass is 10.0. The second-order valence-corrected chi connectivity index (χ2v) is 5.48. The van der Waals surface area contributed by atoms with Crippen LogP contribution in [0.15, 0.2) is 60.7 Å². The van der Waals surface area contributed by atoms with E-state index in [0.29, 0.717) is 11.6 Å². The number of benzene rings is 2. The SMILES string of the molecule is O=C(c1ccccc1)C(F)(F)C=C(I)c1ccc(F)cc1. The average molecular weight is 402 g/mol. The Labute approximate surface area is 133 Å². The summed E-state index contributed by atoms with van der Waals surface area (Å²) in [5.74, 6) is -5.33. The van der Waals surface area contributed by atoms with Gasteiger partial charge in [0.25, 0.3) is 0 Å². The quantitative estimate of drug-likeness (QED) is 0.513. The molecule has 2 rings (SSSR count). The molecule has 0 heterocycles. The van der Waals surface area contributed by atoms with Crippen LogP contribution in [0.5, 0.6) is 0 Å². The lowest BCUT2D eigenvalue weighted by Gasteiger charge is -2.12. The van der Waals surface area contributed by atoms with Crippen LogP contribution >= 0.6 is 22.6 Å². The Balaban J connectivity index is 2.29. The molecular formula is C16H10F3IO. The number of allylic oxidation sites excluding steroid dienone is 1. The Bertz CT molecular complexity index is 664. The molecule has 0 atom stereocenters. The molecule has 0 fully saturated rings. The highest BCUT2D eigenvalue weighted by molar-refractivity contribution is 14.1. The van der Waals surface area contributed by atoms with Gasteiger partial charge in [-0.2, -0.15) is 8.78 Å². The van der Waals surface area contributed by atoms with Crippen molar-refractivity contribution in [1.29, 1.82) is 0 Å². The van der Waals surface area contributed by atoms with E-state index in [9.17, 15) is 18.0 Å². The van der Waals surface area contributed by atoms with E-state index in [4.69, 9.17) is 0 Å². The molecule has 0 bridgehead atoms. The molecular weight excluding hydrogens is 392 g/mol. The zero-order valence-electron chi connectivity index (χ0n) is 10.7. The van der Waals surface area contributed by atoms with Crippen molar-refractivity contribution in [2.75, 3.05) is 0 Å². The Morgan fingerprint density at radius 3 is 2.10 bits per heavy atom. The first-order valence-corrected chi connectivity index (χ1v) is 7.10. The molecule has 2 aromatic rings. The van der Waals surface area contributed by atoms with Crippen LogP contribution < -0.4 is 0 Å². The lowest BCUT2D eigenvalue weighted by Crippen LogP contribution is -2.26. The number of carbonyl (C=O) groups is 1. The summed E-state index contributed by atoms with van der Waals surface area (Å²) in [4.78, 5) is 11.8. The summed E-state index contributed by atoms with van der Waals surface area (Å²) in [5, 5.41) is 0. The second kappa shape index (κ2) is 6.43. The molecule has 0 N–H and O–H groups in total. The van der Waals surface area contributed by atoms with Crippen molar-refractivity contribution >= 4 is 32.0 Å². The highest BCUT2D eigenvalue weighted by atomic mass is 127. The monoisotopic (exact) mass is 402 g/mol. The molecule has 108 valence electrons. The molecule has 1 nitrogen and oxygen atoms in total. The predicted molar refractivity (Wildman–Crippen MR) is 84.1 cm³/mol. The zero-order valence-corrected chi connectivity index (χ0v) is 12.9. The molecule has 2 aromatic carbocycles. The number of hydrogen-bond acceptors (Lipinski definition) is 1. The van der Waals surface area contributed by atoms with E-state index in [1.807, 2.05) is 0 Å². The Morgan fingerprint density at radius 2 is 1.52 bits per heavy atom. The van der Waals surface area contributed by atoms with Crippen LogP contribution in [-0.4, -0.2) is 11.7 Å². The standard InChI is InChI=1S/C16H10F3IO/c17-13-8-6-11(7-9-13)14(20)10-16(18,19)15(21)12-4-2-1-3-5-12/h1-10H. The van der Waals surface area contributed by atoms with Crippen molar-refractivity contribution in [2.24, 2.45) is 0 Å². The van der Waals surface area contributed by atoms with Gasteiger partial charge in [-0.15, -0.1) is 0 Å². The van der Waals surface area contributed by atoms with Crippen molar-refractivity contribution in [3.8, 4) is 0 Å². The van der Waals surface area contributed by atoms with Gasteiger partial charge in [-0.05, 0) is 40.3 Å². The maximum atomic E-state index is 14.0. The van der Waals surface area contributed by atoms with Crippen molar-refractivity contribution < 1.29 is 18.0 Å². The van der Waals surface area contributed by atoms with Crippen LogP contribution in [0.4, 0.5) is 13.2 Å². The fourth-order valence-corrected chi connectivity index (χ4v) is 2.45. The third kappa shape index (κ3) is 3.93. The van der Waals surface area contributed by atoms with E-state index >= 15 is 0 Å². The molecule has 0 aromatic heterocycles. The maximum absolute atomic E-state index is 14.0. The largest absolute Gasteiger partial charge is 0.329 e. The lowest BCUT2D eigenvalue weighted by molar-refractivity contribution is 0.0385. The summed E-state index contributed by atoms with van der Waals surface area (Å²) >= 11 is 1.70. The highest BCUT2D eigenvalue weighted by Crippen LogP contribution is 2.30. The zero-order chi connectivity index (χ0) is 15.5. The Hall–Kier alpha value is -1.63. The number of Topliss-reactive ketones (excluding diaryl/α,β-unsaturated/α-hetero) is 1. The van der Waals surface area contributed by atoms with Gasteiger partial charge in [0.15, 0.2) is 0 Å². The molecule has 0 saturated heterocycles. The van der Waals surface area contributed by atoms with Gasteiger partial charge in [0.1, 0.15) is 5.82 Å². The number of ketones is 1. The van der Waals surface area contributed by atoms with Crippen LogP contribution in [0.3, 0.4) is 0 Å². The van der Waals surface area contributed by atoms with Gasteiger partial charge in [0.05, 0.1) is 0 Å². The molecule has 21 heavy (non-hydrogen) atoms. The first kappa shape index (κ1) is 15.8. The number of rotatable bonds is 4. The first-order valence-electron chi connectivity index (χ1n) is 6.02. The third-order valence-electron chi connectivity index (χ3n) is 2.77. The van der Waals surface area contributed by atoms with E-state index in [1.54, 1.807) is 28.7 Å². The van der Waals surface area contributed by atoms with Gasteiger partial charge >= 0.3 is 5.92 Å². The summed E-state index contributed by atoms with van der Waals surface area (Å²) in [6, 6.07) is 12.5. The van der Waals surface area contributed by atoms with Crippen molar-refractivity contribution in [2.45, 2.75) is 5.92 Å². The van der Waals surface area contributed by atoms with E-state index in [1.165, 1.54) is 48.5 Å². The maximum Gasteiger partial charge on any atom is 0.329 e. The second-order valence-electron chi connectivity index (χ2n) is 4.32. The van der Waals surface area contributed by atoms with Gasteiger partial charge in [-0.25, -0.2) is 4.39 Å². The van der Waals surface area contributed by atoms with Crippen LogP contribution in [0, 0.1) is 5.82 Å². The van der Waals surface area contributed by atoms with Gasteiger partial charge in [-0.3, -0.25) is 4.79 Å². The average Bonchev–Trinajstić information content (AvgIpc) is 2.47. The molecule has 0 aliphatic carbocycles. The molecule has 0 saturated carbocycles. The van der Waals surface area contributed by atoms with Crippen molar-refractivity contribution in [1.82, 2.24) is 0 Å². The molecule has 0 unspecified atom stereocenters. The van der Waals surface area contributed by atoms with Gasteiger partial charge < -0.3 is 0 Å². The normalized spacial score (nSPS) is 12.3. The van der Waals surface area contributed by atoms with E-state index in [0.717, 1.165) is 0 Å². The Morgan fingerprint density at radius 1 is 0.952 bits per heavy atom. The number of hydrogen-bond donors (Lipinski definition) is 0. The van der Waals surface area contributed by atoms with Crippen LogP contribution in [0.2, 0.25) is 0 Å². The fourth-order valence-electron chi connectivity index (χ4n) is 1.70. The summed E-state index contributed by atoms with van der Waals surface area (Å²) < 4.78 is 41.0. The van der Waals surface area contributed by atoms with Crippen molar-refractivity contribution in [3.05, 3.63) is 77.6 Å². The number of carbonyl (C=O) groups excluding carboxylic acids is 1. The molecule has 0 spiro atoms. The topological polar surface area (TPSA) is 17.1 Å². The molecule has 0 aliphatic rings. The predicted octanol–water partition coefficient (Wildman–Crippen LogP) is 5.12. The number of halogens is 4. The Kier molecular flexibility index (Phi) is 4.82. The molecule has 0 radical (unpaired) electrons. The summed E-state index contributed by atoms with van der Waals surface area (Å²) in [6.45, 7) is 0. The minimum absolute atomic E-state index is 0.0537. The molecule has 0 aliphatic heterocycles. The smallest absolute Gasteiger partial charge is 0.287 e. The van der Waals surface area contributed by atoms with Gasteiger partial charge in [-0.1, -0.05) is 42.5 Å². The van der Waals surface area contributed by atoms with Crippen LogP contribution in [0.25, 0.3) is 3.58 Å². The third-order valence-corrected chi connectivity index (χ3v) is 3.70. The number of alkyl halides is 2. The summed E-state index contributed by atoms with van der Waals surface area (Å²) in [7, 11) is 0. The van der Waals surface area contributed by atoms with E-state index in [-0.39, 0.29) is 9.14 Å². The minimum Gasteiger partial charge on any atom is -0.287 e. The van der Waals surface area contributed by atoms with Gasteiger partial charge in [0, 0.05) is 15.2 Å². The molecule has 0 amide bonds. The van der Waals surface area contributed by atoms with Gasteiger partial charge in [0.2, 0.25) is 5.78 Å². The van der Waals surface area contributed by atoms with E-state index in [2.05, 4.69) is 0 Å². The van der Waals surface area contributed by atoms with Crippen LogP contribution in [0.1, 0.15) is 15.9 Å².